The first-order valence-corrected chi connectivity index (χ1v) is 6.31. The molecule has 0 aliphatic rings. The lowest BCUT2D eigenvalue weighted by Gasteiger charge is -2.17. The minimum absolute atomic E-state index is 0.0388. The molecule has 0 fully saturated rings. The average Bonchev–Trinajstić information content (AvgIpc) is 2.34. The molecular formula is C12H24N4O. The van der Waals surface area contributed by atoms with Crippen LogP contribution in [0.4, 0.5) is 0 Å². The molecule has 17 heavy (non-hydrogen) atoms. The highest BCUT2D eigenvalue weighted by Crippen LogP contribution is 1.88. The normalized spacial score (nSPS) is 10.2. The number of nitrogens with zero attached hydrogens (tertiary/aromatic N) is 2. The van der Waals surface area contributed by atoms with E-state index in [1.54, 1.807) is 0 Å². The third-order valence-electron chi connectivity index (χ3n) is 2.57. The van der Waals surface area contributed by atoms with Gasteiger partial charge < -0.3 is 15.5 Å². The van der Waals surface area contributed by atoms with Gasteiger partial charge in [0.25, 0.3) is 0 Å². The van der Waals surface area contributed by atoms with Crippen molar-refractivity contribution in [3.05, 3.63) is 0 Å². The van der Waals surface area contributed by atoms with Crippen molar-refractivity contribution in [3.63, 3.8) is 0 Å². The van der Waals surface area contributed by atoms with Crippen molar-refractivity contribution in [2.45, 2.75) is 26.7 Å². The molecule has 5 nitrogen and oxygen atoms in total. The van der Waals surface area contributed by atoms with E-state index in [0.29, 0.717) is 19.5 Å². The summed E-state index contributed by atoms with van der Waals surface area (Å²) in [5.74, 6) is -0.0388. The van der Waals surface area contributed by atoms with Gasteiger partial charge in [0.1, 0.15) is 0 Å². The fourth-order valence-electron chi connectivity index (χ4n) is 1.49. The Morgan fingerprint density at radius 1 is 1.29 bits per heavy atom. The zero-order chi connectivity index (χ0) is 12.9. The Kier molecular flexibility index (Phi) is 10.6. The zero-order valence-corrected chi connectivity index (χ0v) is 11.0. The molecule has 2 N–H and O–H groups in total. The Labute approximate surface area is 104 Å². The van der Waals surface area contributed by atoms with Crippen molar-refractivity contribution in [2.75, 3.05) is 39.3 Å². The molecule has 0 saturated heterocycles. The van der Waals surface area contributed by atoms with E-state index in [4.69, 9.17) is 5.26 Å². The molecule has 0 heterocycles. The quantitative estimate of drug-likeness (QED) is 0.540. The van der Waals surface area contributed by atoms with Crippen LogP contribution in [-0.4, -0.2) is 50.1 Å². The second-order valence-electron chi connectivity index (χ2n) is 3.82. The van der Waals surface area contributed by atoms with Gasteiger partial charge in [-0.2, -0.15) is 5.26 Å². The molecule has 0 radical (unpaired) electrons. The van der Waals surface area contributed by atoms with Gasteiger partial charge in [0.2, 0.25) is 5.91 Å². The molecule has 98 valence electrons. The summed E-state index contributed by atoms with van der Waals surface area (Å²) in [5, 5.41) is 14.1. The summed E-state index contributed by atoms with van der Waals surface area (Å²) < 4.78 is 0. The highest BCUT2D eigenvalue weighted by atomic mass is 16.1. The topological polar surface area (TPSA) is 68.2 Å². The van der Waals surface area contributed by atoms with Crippen LogP contribution in [0.15, 0.2) is 0 Å². The Balaban J connectivity index is 3.33. The second kappa shape index (κ2) is 11.4. The number of hydrogen-bond acceptors (Lipinski definition) is 4. The number of carbonyl (C=O) groups is 1. The van der Waals surface area contributed by atoms with Crippen LogP contribution in [0.3, 0.4) is 0 Å². The number of rotatable bonds is 10. The Hall–Kier alpha value is -1.12. The lowest BCUT2D eigenvalue weighted by atomic mass is 10.3. The molecule has 5 heteroatoms. The van der Waals surface area contributed by atoms with Gasteiger partial charge in [-0.1, -0.05) is 13.8 Å². The summed E-state index contributed by atoms with van der Waals surface area (Å²) in [6.07, 6.45) is 1.42. The van der Waals surface area contributed by atoms with E-state index in [1.165, 1.54) is 0 Å². The smallest absolute Gasteiger partial charge is 0.233 e. The van der Waals surface area contributed by atoms with Crippen molar-refractivity contribution in [1.82, 2.24) is 15.5 Å². The second-order valence-corrected chi connectivity index (χ2v) is 3.82. The van der Waals surface area contributed by atoms with Crippen LogP contribution < -0.4 is 10.6 Å². The Bertz CT molecular complexity index is 233. The molecule has 0 aromatic carbocycles. The minimum Gasteiger partial charge on any atom is -0.354 e. The summed E-state index contributed by atoms with van der Waals surface area (Å²) in [5.41, 5.74) is 0. The van der Waals surface area contributed by atoms with Crippen LogP contribution >= 0.6 is 0 Å². The highest BCUT2D eigenvalue weighted by Gasteiger charge is 2.00. The first-order valence-electron chi connectivity index (χ1n) is 6.31. The number of carbonyl (C=O) groups excluding carboxylic acids is 1. The molecule has 0 rings (SSSR count). The standard InChI is InChI=1S/C12H24N4O/c1-3-16(4-2)10-6-8-14-11-12(17)15-9-5-7-13/h14H,3-6,8-11H2,1-2H3,(H,15,17). The SMILES string of the molecule is CCN(CC)CCCNCC(=O)NCCC#N. The Morgan fingerprint density at radius 2 is 2.00 bits per heavy atom. The molecule has 0 unspecified atom stereocenters. The molecule has 0 aliphatic carbocycles. The molecule has 0 spiro atoms. The van der Waals surface area contributed by atoms with Crippen LogP contribution in [0, 0.1) is 11.3 Å². The van der Waals surface area contributed by atoms with Gasteiger partial charge in [-0.05, 0) is 32.6 Å². The van der Waals surface area contributed by atoms with Gasteiger partial charge in [-0.3, -0.25) is 4.79 Å². The van der Waals surface area contributed by atoms with E-state index in [-0.39, 0.29) is 5.91 Å². The largest absolute Gasteiger partial charge is 0.354 e. The van der Waals surface area contributed by atoms with E-state index in [0.717, 1.165) is 32.6 Å². The van der Waals surface area contributed by atoms with Crippen molar-refractivity contribution < 1.29 is 4.79 Å². The van der Waals surface area contributed by atoms with E-state index >= 15 is 0 Å². The predicted octanol–water partition coefficient (Wildman–Crippen LogP) is 0.338. The maximum atomic E-state index is 11.2. The molecular weight excluding hydrogens is 216 g/mol. The summed E-state index contributed by atoms with van der Waals surface area (Å²) in [6.45, 7) is 9.15. The summed E-state index contributed by atoms with van der Waals surface area (Å²) in [7, 11) is 0. The fraction of sp³-hybridized carbons (Fsp3) is 0.833. The van der Waals surface area contributed by atoms with Crippen LogP contribution in [0.2, 0.25) is 0 Å². The van der Waals surface area contributed by atoms with E-state index < -0.39 is 0 Å². The van der Waals surface area contributed by atoms with Gasteiger partial charge in [0.15, 0.2) is 0 Å². The minimum atomic E-state index is -0.0388. The summed E-state index contributed by atoms with van der Waals surface area (Å²) in [4.78, 5) is 13.6. The monoisotopic (exact) mass is 240 g/mol. The first kappa shape index (κ1) is 15.9. The molecule has 1 amide bonds. The van der Waals surface area contributed by atoms with Gasteiger partial charge in [0, 0.05) is 6.54 Å². The average molecular weight is 240 g/mol. The molecule has 0 aliphatic heterocycles. The number of hydrogen-bond donors (Lipinski definition) is 2. The maximum Gasteiger partial charge on any atom is 0.233 e. The predicted molar refractivity (Wildman–Crippen MR) is 68.5 cm³/mol. The first-order chi connectivity index (χ1) is 8.24. The van der Waals surface area contributed by atoms with E-state index in [2.05, 4.69) is 29.4 Å². The number of nitrogens with one attached hydrogen (secondary N) is 2. The van der Waals surface area contributed by atoms with Crippen LogP contribution in [0.25, 0.3) is 0 Å². The molecule has 0 atom stereocenters. The van der Waals surface area contributed by atoms with Crippen LogP contribution in [-0.2, 0) is 4.79 Å². The highest BCUT2D eigenvalue weighted by molar-refractivity contribution is 5.77. The Morgan fingerprint density at radius 3 is 2.59 bits per heavy atom. The lowest BCUT2D eigenvalue weighted by Crippen LogP contribution is -2.35. The van der Waals surface area contributed by atoms with Crippen molar-refractivity contribution in [2.24, 2.45) is 0 Å². The van der Waals surface area contributed by atoms with Gasteiger partial charge in [-0.15, -0.1) is 0 Å². The summed E-state index contributed by atoms with van der Waals surface area (Å²) >= 11 is 0. The van der Waals surface area contributed by atoms with Gasteiger partial charge in [0.05, 0.1) is 19.0 Å². The lowest BCUT2D eigenvalue weighted by molar-refractivity contribution is -0.120. The van der Waals surface area contributed by atoms with E-state index in [1.807, 2.05) is 6.07 Å². The maximum absolute atomic E-state index is 11.2. The van der Waals surface area contributed by atoms with Crippen LogP contribution in [0.1, 0.15) is 26.7 Å². The van der Waals surface area contributed by atoms with Crippen LogP contribution in [0.5, 0.6) is 0 Å². The van der Waals surface area contributed by atoms with Gasteiger partial charge in [-0.25, -0.2) is 0 Å². The third kappa shape index (κ3) is 9.79. The number of amides is 1. The molecule has 0 aromatic heterocycles. The zero-order valence-electron chi connectivity index (χ0n) is 11.0. The third-order valence-corrected chi connectivity index (χ3v) is 2.57. The van der Waals surface area contributed by atoms with E-state index in [9.17, 15) is 4.79 Å². The van der Waals surface area contributed by atoms with Crippen molar-refractivity contribution >= 4 is 5.91 Å². The van der Waals surface area contributed by atoms with Gasteiger partial charge >= 0.3 is 0 Å². The molecule has 0 bridgehead atoms. The van der Waals surface area contributed by atoms with Crippen molar-refractivity contribution in [3.8, 4) is 6.07 Å². The molecule has 0 saturated carbocycles. The fourth-order valence-corrected chi connectivity index (χ4v) is 1.49. The van der Waals surface area contributed by atoms with Crippen molar-refractivity contribution in [1.29, 1.82) is 5.26 Å². The molecule has 0 aromatic rings. The number of nitriles is 1. The summed E-state index contributed by atoms with van der Waals surface area (Å²) in [6, 6.07) is 1.98.